The average Bonchev–Trinajstić information content (AvgIpc) is 2.64. The lowest BCUT2D eigenvalue weighted by atomic mass is 10.2. The number of carbonyl (C=O) groups excluding carboxylic acids is 1. The normalized spacial score (nSPS) is 11.2. The van der Waals surface area contributed by atoms with Crippen molar-refractivity contribution < 1.29 is 17.9 Å². The number of carbonyl (C=O) groups is 1. The van der Waals surface area contributed by atoms with E-state index in [-0.39, 0.29) is 22.2 Å². The minimum atomic E-state index is -3.96. The Labute approximate surface area is 165 Å². The third kappa shape index (κ3) is 5.69. The van der Waals surface area contributed by atoms with Crippen molar-refractivity contribution >= 4 is 33.2 Å². The van der Waals surface area contributed by atoms with Gasteiger partial charge in [-0.15, -0.1) is 0 Å². The first-order chi connectivity index (χ1) is 12.9. The van der Waals surface area contributed by atoms with Gasteiger partial charge >= 0.3 is 0 Å². The van der Waals surface area contributed by atoms with E-state index in [9.17, 15) is 13.2 Å². The number of anilines is 1. The SMILES string of the molecule is COCCCNC(=O)CN(c1ccccc1Cl)S(=O)(=O)c1ccc(C)cc1. The number of para-hydroxylation sites is 1. The third-order valence-electron chi connectivity index (χ3n) is 3.86. The lowest BCUT2D eigenvalue weighted by molar-refractivity contribution is -0.119. The van der Waals surface area contributed by atoms with Crippen molar-refractivity contribution in [2.75, 3.05) is 31.1 Å². The number of ether oxygens (including phenoxy) is 1. The molecule has 2 rings (SSSR count). The summed E-state index contributed by atoms with van der Waals surface area (Å²) in [6.07, 6.45) is 0.638. The molecule has 8 heteroatoms. The first-order valence-corrected chi connectivity index (χ1v) is 10.3. The van der Waals surface area contributed by atoms with E-state index in [4.69, 9.17) is 16.3 Å². The van der Waals surface area contributed by atoms with Crippen LogP contribution in [-0.2, 0) is 19.6 Å². The highest BCUT2D eigenvalue weighted by Crippen LogP contribution is 2.30. The molecule has 0 saturated carbocycles. The van der Waals surface area contributed by atoms with E-state index in [0.717, 1.165) is 9.87 Å². The van der Waals surface area contributed by atoms with Crippen molar-refractivity contribution in [1.29, 1.82) is 0 Å². The zero-order chi connectivity index (χ0) is 19.9. The van der Waals surface area contributed by atoms with Crippen molar-refractivity contribution in [3.63, 3.8) is 0 Å². The fourth-order valence-corrected chi connectivity index (χ4v) is 4.15. The van der Waals surface area contributed by atoms with E-state index in [1.165, 1.54) is 12.1 Å². The van der Waals surface area contributed by atoms with Crippen LogP contribution < -0.4 is 9.62 Å². The van der Waals surface area contributed by atoms with Crippen LogP contribution in [0.25, 0.3) is 0 Å². The summed E-state index contributed by atoms with van der Waals surface area (Å²) in [6.45, 7) is 2.41. The molecule has 0 radical (unpaired) electrons. The summed E-state index contributed by atoms with van der Waals surface area (Å²) in [5.74, 6) is -0.415. The Balaban J connectivity index is 2.31. The summed E-state index contributed by atoms with van der Waals surface area (Å²) in [7, 11) is -2.38. The summed E-state index contributed by atoms with van der Waals surface area (Å²) in [5.41, 5.74) is 1.20. The number of nitrogens with zero attached hydrogens (tertiary/aromatic N) is 1. The number of benzene rings is 2. The number of halogens is 1. The quantitative estimate of drug-likeness (QED) is 0.645. The molecule has 0 aliphatic rings. The van der Waals surface area contributed by atoms with Crippen LogP contribution in [0.2, 0.25) is 5.02 Å². The standard InChI is InChI=1S/C19H23ClN2O4S/c1-15-8-10-16(11-9-15)27(24,25)22(18-7-4-3-6-17(18)20)14-19(23)21-12-5-13-26-2/h3-4,6-11H,5,12-14H2,1-2H3,(H,21,23). The Kier molecular flexibility index (Phi) is 7.65. The molecular formula is C19H23ClN2O4S. The topological polar surface area (TPSA) is 75.7 Å². The van der Waals surface area contributed by atoms with Gasteiger partial charge in [-0.2, -0.15) is 0 Å². The molecule has 2 aromatic carbocycles. The molecule has 27 heavy (non-hydrogen) atoms. The first-order valence-electron chi connectivity index (χ1n) is 8.46. The third-order valence-corrected chi connectivity index (χ3v) is 5.96. The minimum Gasteiger partial charge on any atom is -0.385 e. The predicted molar refractivity (Wildman–Crippen MR) is 107 cm³/mol. The van der Waals surface area contributed by atoms with Crippen LogP contribution in [-0.4, -0.2) is 41.1 Å². The molecule has 0 heterocycles. The van der Waals surface area contributed by atoms with Gasteiger partial charge in [0.15, 0.2) is 0 Å². The van der Waals surface area contributed by atoms with Gasteiger partial charge in [-0.05, 0) is 37.6 Å². The second-order valence-corrected chi connectivity index (χ2v) is 8.24. The molecular weight excluding hydrogens is 388 g/mol. The predicted octanol–water partition coefficient (Wildman–Crippen LogP) is 3.00. The first kappa shape index (κ1) is 21.2. The zero-order valence-corrected chi connectivity index (χ0v) is 16.9. The lowest BCUT2D eigenvalue weighted by Crippen LogP contribution is -2.41. The lowest BCUT2D eigenvalue weighted by Gasteiger charge is -2.25. The molecule has 0 aliphatic heterocycles. The van der Waals surface area contributed by atoms with E-state index in [2.05, 4.69) is 5.32 Å². The number of hydrogen-bond donors (Lipinski definition) is 1. The molecule has 2 aromatic rings. The van der Waals surface area contributed by atoms with E-state index >= 15 is 0 Å². The Morgan fingerprint density at radius 3 is 2.44 bits per heavy atom. The van der Waals surface area contributed by atoms with Gasteiger partial charge in [0.2, 0.25) is 5.91 Å². The largest absolute Gasteiger partial charge is 0.385 e. The van der Waals surface area contributed by atoms with Crippen molar-refractivity contribution in [2.45, 2.75) is 18.2 Å². The molecule has 0 saturated heterocycles. The van der Waals surface area contributed by atoms with Crippen LogP contribution in [0.5, 0.6) is 0 Å². The van der Waals surface area contributed by atoms with Gasteiger partial charge in [0, 0.05) is 20.3 Å². The van der Waals surface area contributed by atoms with Crippen molar-refractivity contribution in [2.24, 2.45) is 0 Å². The Morgan fingerprint density at radius 1 is 1.15 bits per heavy atom. The highest BCUT2D eigenvalue weighted by atomic mass is 35.5. The molecule has 1 N–H and O–H groups in total. The molecule has 6 nitrogen and oxygen atoms in total. The second-order valence-electron chi connectivity index (χ2n) is 5.97. The van der Waals surface area contributed by atoms with Crippen molar-refractivity contribution in [3.8, 4) is 0 Å². The van der Waals surface area contributed by atoms with E-state index in [0.29, 0.717) is 19.6 Å². The molecule has 146 valence electrons. The maximum atomic E-state index is 13.2. The van der Waals surface area contributed by atoms with E-state index < -0.39 is 15.9 Å². The Bertz CT molecular complexity index is 870. The van der Waals surface area contributed by atoms with Crippen LogP contribution in [0.15, 0.2) is 53.4 Å². The van der Waals surface area contributed by atoms with Gasteiger partial charge in [-0.3, -0.25) is 9.10 Å². The maximum Gasteiger partial charge on any atom is 0.264 e. The molecule has 0 aliphatic carbocycles. The molecule has 1 amide bonds. The number of nitrogens with one attached hydrogen (secondary N) is 1. The molecule has 0 spiro atoms. The van der Waals surface area contributed by atoms with Crippen LogP contribution in [0, 0.1) is 6.92 Å². The smallest absolute Gasteiger partial charge is 0.264 e. The van der Waals surface area contributed by atoms with Gasteiger partial charge in [0.1, 0.15) is 6.54 Å². The summed E-state index contributed by atoms with van der Waals surface area (Å²) in [6, 6.07) is 13.0. The number of hydrogen-bond acceptors (Lipinski definition) is 4. The molecule has 0 bridgehead atoms. The summed E-state index contributed by atoms with van der Waals surface area (Å²) >= 11 is 6.21. The highest BCUT2D eigenvalue weighted by molar-refractivity contribution is 7.92. The summed E-state index contributed by atoms with van der Waals surface area (Å²) in [4.78, 5) is 12.4. The van der Waals surface area contributed by atoms with Crippen LogP contribution in [0.3, 0.4) is 0 Å². The van der Waals surface area contributed by atoms with Crippen molar-refractivity contribution in [3.05, 3.63) is 59.1 Å². The zero-order valence-electron chi connectivity index (χ0n) is 15.3. The molecule has 0 aromatic heterocycles. The van der Waals surface area contributed by atoms with Gasteiger partial charge in [0.25, 0.3) is 10.0 Å². The fraction of sp³-hybridized carbons (Fsp3) is 0.316. The molecule has 0 atom stereocenters. The monoisotopic (exact) mass is 410 g/mol. The molecule has 0 fully saturated rings. The van der Waals surface area contributed by atoms with E-state index in [1.54, 1.807) is 43.5 Å². The van der Waals surface area contributed by atoms with Gasteiger partial charge in [0.05, 0.1) is 15.6 Å². The van der Waals surface area contributed by atoms with Crippen LogP contribution >= 0.6 is 11.6 Å². The minimum absolute atomic E-state index is 0.0974. The van der Waals surface area contributed by atoms with Crippen LogP contribution in [0.1, 0.15) is 12.0 Å². The number of sulfonamides is 1. The summed E-state index contributed by atoms with van der Waals surface area (Å²) < 4.78 is 32.3. The average molecular weight is 411 g/mol. The Hall–Kier alpha value is -2.09. The molecule has 0 unspecified atom stereocenters. The maximum absolute atomic E-state index is 13.2. The highest BCUT2D eigenvalue weighted by Gasteiger charge is 2.28. The van der Waals surface area contributed by atoms with Gasteiger partial charge < -0.3 is 10.1 Å². The number of rotatable bonds is 9. The van der Waals surface area contributed by atoms with Crippen molar-refractivity contribution in [1.82, 2.24) is 5.32 Å². The van der Waals surface area contributed by atoms with Crippen LogP contribution in [0.4, 0.5) is 5.69 Å². The number of methoxy groups -OCH3 is 1. The Morgan fingerprint density at radius 2 is 1.81 bits per heavy atom. The van der Waals surface area contributed by atoms with Gasteiger partial charge in [-0.25, -0.2) is 8.42 Å². The van der Waals surface area contributed by atoms with E-state index in [1.807, 2.05) is 6.92 Å². The second kappa shape index (κ2) is 9.73. The van der Waals surface area contributed by atoms with Gasteiger partial charge in [-0.1, -0.05) is 41.4 Å². The number of aryl methyl sites for hydroxylation is 1. The number of amides is 1. The summed E-state index contributed by atoms with van der Waals surface area (Å²) in [5, 5.41) is 2.95. The fourth-order valence-electron chi connectivity index (χ4n) is 2.42.